The second-order valence-electron chi connectivity index (χ2n) is 25.3. The maximum absolute atomic E-state index is 13.0. The number of ether oxygens (including phenoxy) is 4. The molecule has 17 nitrogen and oxygen atoms in total. The number of esters is 4. The Bertz CT molecular complexity index is 1700. The van der Waals surface area contributed by atoms with E-state index in [9.17, 15) is 43.2 Å². The van der Waals surface area contributed by atoms with Crippen LogP contribution in [0.3, 0.4) is 0 Å². The van der Waals surface area contributed by atoms with E-state index in [0.717, 1.165) is 120 Å². The van der Waals surface area contributed by atoms with Crippen LogP contribution in [0.4, 0.5) is 0 Å². The van der Waals surface area contributed by atoms with Crippen molar-refractivity contribution < 1.29 is 80.2 Å². The molecule has 3 N–H and O–H groups in total. The molecule has 0 spiro atoms. The van der Waals surface area contributed by atoms with E-state index in [2.05, 4.69) is 55.4 Å². The Kier molecular flexibility index (Phi) is 54.8. The number of aliphatic hydroxyl groups excluding tert-OH is 1. The first-order chi connectivity index (χ1) is 40.7. The average molecular weight is 1260 g/mol. The predicted octanol–water partition coefficient (Wildman–Crippen LogP) is 18.1. The quantitative estimate of drug-likeness (QED) is 0.0222. The maximum atomic E-state index is 13.0. The SMILES string of the molecule is CCC(C)CCCCCCCCC(=O)OC[C@H](COP(=O)(O)OC[C@H](O)COP(=O)(O)OC[C@@H](COC(=O)CCCCCCCCCCCCC(C)C)OC(=O)CCCCCCCCC(C)CC)OC(=O)CCCCCCCCCCCC(C)C. The van der Waals surface area contributed by atoms with Gasteiger partial charge in [-0.3, -0.25) is 37.3 Å². The Morgan fingerprint density at radius 1 is 0.329 bits per heavy atom. The summed E-state index contributed by atoms with van der Waals surface area (Å²) < 4.78 is 68.1. The highest BCUT2D eigenvalue weighted by Gasteiger charge is 2.30. The van der Waals surface area contributed by atoms with Crippen LogP contribution in [0.25, 0.3) is 0 Å². The minimum Gasteiger partial charge on any atom is -0.462 e. The van der Waals surface area contributed by atoms with Gasteiger partial charge in [-0.25, -0.2) is 9.13 Å². The average Bonchev–Trinajstić information content (AvgIpc) is 3.47. The summed E-state index contributed by atoms with van der Waals surface area (Å²) in [6, 6.07) is 0. The molecule has 0 aromatic rings. The molecule has 0 aromatic carbocycles. The number of carbonyl (C=O) groups excluding carboxylic acids is 4. The van der Waals surface area contributed by atoms with Crippen molar-refractivity contribution in [2.24, 2.45) is 23.7 Å². The lowest BCUT2D eigenvalue weighted by molar-refractivity contribution is -0.161. The van der Waals surface area contributed by atoms with Gasteiger partial charge < -0.3 is 33.8 Å². The molecule has 0 fully saturated rings. The monoisotopic (exact) mass is 1250 g/mol. The van der Waals surface area contributed by atoms with Gasteiger partial charge in [0.05, 0.1) is 26.4 Å². The van der Waals surface area contributed by atoms with Crippen LogP contribution in [0, 0.1) is 23.7 Å². The van der Waals surface area contributed by atoms with Gasteiger partial charge in [0, 0.05) is 25.7 Å². The minimum absolute atomic E-state index is 0.102. The van der Waals surface area contributed by atoms with E-state index < -0.39 is 97.5 Å². The Morgan fingerprint density at radius 3 is 0.835 bits per heavy atom. The van der Waals surface area contributed by atoms with E-state index in [4.69, 9.17) is 37.0 Å². The first-order valence-electron chi connectivity index (χ1n) is 34.3. The molecule has 4 unspecified atom stereocenters. The normalized spacial score (nSPS) is 15.0. The van der Waals surface area contributed by atoms with Crippen LogP contribution in [0.1, 0.15) is 319 Å². The molecule has 0 aromatic heterocycles. The number of hydrogen-bond acceptors (Lipinski definition) is 15. The molecule has 0 saturated carbocycles. The van der Waals surface area contributed by atoms with Crippen LogP contribution < -0.4 is 0 Å². The van der Waals surface area contributed by atoms with Gasteiger partial charge in [0.1, 0.15) is 19.3 Å². The van der Waals surface area contributed by atoms with Gasteiger partial charge in [0.2, 0.25) is 0 Å². The van der Waals surface area contributed by atoms with Crippen LogP contribution in [0.5, 0.6) is 0 Å². The second-order valence-corrected chi connectivity index (χ2v) is 28.2. The van der Waals surface area contributed by atoms with E-state index in [0.29, 0.717) is 25.7 Å². The molecule has 0 aliphatic heterocycles. The van der Waals surface area contributed by atoms with E-state index in [1.807, 2.05) is 0 Å². The highest BCUT2D eigenvalue weighted by molar-refractivity contribution is 7.47. The lowest BCUT2D eigenvalue weighted by atomic mass is 10.00. The number of aliphatic hydroxyl groups is 1. The molecule has 0 radical (unpaired) electrons. The van der Waals surface area contributed by atoms with Crippen LogP contribution in [0.15, 0.2) is 0 Å². The number of phosphoric acid groups is 2. The molecule has 0 saturated heterocycles. The molecule has 85 heavy (non-hydrogen) atoms. The molecule has 0 aliphatic rings. The smallest absolute Gasteiger partial charge is 0.462 e. The zero-order chi connectivity index (χ0) is 63.2. The van der Waals surface area contributed by atoms with Gasteiger partial charge in [0.15, 0.2) is 12.2 Å². The van der Waals surface area contributed by atoms with Crippen LogP contribution in [-0.2, 0) is 65.4 Å². The Balaban J connectivity index is 5.26. The number of rotatable bonds is 63. The molecule has 0 aliphatic carbocycles. The Labute approximate surface area is 517 Å². The van der Waals surface area contributed by atoms with Crippen LogP contribution >= 0.6 is 15.6 Å². The minimum atomic E-state index is -4.95. The molecular weight excluding hydrogens is 1130 g/mol. The molecule has 0 rings (SSSR count). The van der Waals surface area contributed by atoms with Crippen molar-refractivity contribution in [3.05, 3.63) is 0 Å². The summed E-state index contributed by atoms with van der Waals surface area (Å²) in [7, 11) is -9.89. The zero-order valence-corrected chi connectivity index (χ0v) is 57.0. The fourth-order valence-electron chi connectivity index (χ4n) is 9.72. The molecule has 0 heterocycles. The lowest BCUT2D eigenvalue weighted by Crippen LogP contribution is -2.30. The molecule has 504 valence electrons. The lowest BCUT2D eigenvalue weighted by Gasteiger charge is -2.21. The van der Waals surface area contributed by atoms with Crippen LogP contribution in [0.2, 0.25) is 0 Å². The number of unbranched alkanes of at least 4 members (excludes halogenated alkanes) is 27. The van der Waals surface area contributed by atoms with Crippen molar-refractivity contribution in [1.29, 1.82) is 0 Å². The molecule has 7 atom stereocenters. The summed E-state index contributed by atoms with van der Waals surface area (Å²) in [5.41, 5.74) is 0. The third-order valence-electron chi connectivity index (χ3n) is 15.8. The van der Waals surface area contributed by atoms with Crippen molar-refractivity contribution in [3.8, 4) is 0 Å². The summed E-state index contributed by atoms with van der Waals surface area (Å²) in [5.74, 6) is 0.807. The first-order valence-corrected chi connectivity index (χ1v) is 37.3. The molecule has 0 amide bonds. The van der Waals surface area contributed by atoms with E-state index in [1.54, 1.807) is 0 Å². The van der Waals surface area contributed by atoms with Crippen molar-refractivity contribution in [3.63, 3.8) is 0 Å². The topological polar surface area (TPSA) is 237 Å². The summed E-state index contributed by atoms with van der Waals surface area (Å²) in [5, 5.41) is 10.6. The molecule has 19 heteroatoms. The largest absolute Gasteiger partial charge is 0.472 e. The van der Waals surface area contributed by atoms with Crippen molar-refractivity contribution in [1.82, 2.24) is 0 Å². The Morgan fingerprint density at radius 2 is 0.565 bits per heavy atom. The third-order valence-corrected chi connectivity index (χ3v) is 17.7. The fourth-order valence-corrected chi connectivity index (χ4v) is 11.3. The summed E-state index contributed by atoms with van der Waals surface area (Å²) >= 11 is 0. The van der Waals surface area contributed by atoms with Gasteiger partial charge in [-0.15, -0.1) is 0 Å². The van der Waals surface area contributed by atoms with Gasteiger partial charge in [0.25, 0.3) is 0 Å². The third kappa shape index (κ3) is 58.2. The van der Waals surface area contributed by atoms with Crippen molar-refractivity contribution in [2.45, 2.75) is 337 Å². The highest BCUT2D eigenvalue weighted by atomic mass is 31.2. The maximum Gasteiger partial charge on any atom is 0.472 e. The number of phosphoric ester groups is 2. The van der Waals surface area contributed by atoms with E-state index in [1.165, 1.54) is 116 Å². The van der Waals surface area contributed by atoms with Gasteiger partial charge in [-0.1, -0.05) is 267 Å². The van der Waals surface area contributed by atoms with Crippen molar-refractivity contribution in [2.75, 3.05) is 39.6 Å². The number of hydrogen-bond donors (Lipinski definition) is 3. The summed E-state index contributed by atoms with van der Waals surface area (Å²) in [6.45, 7) is 14.0. The van der Waals surface area contributed by atoms with Gasteiger partial charge in [-0.05, 0) is 49.4 Å². The Hall–Kier alpha value is -1.94. The first kappa shape index (κ1) is 83.1. The standard InChI is InChI=1S/C66H128O17P2/c1-9-58(7)44-36-28-22-24-31-39-47-64(69)77-53-61(82-65(70)48-40-32-21-17-13-15-19-27-35-43-57(5)6)54-80-84(72,73)78-50-60(67)51-79-85(74,75)81-55-62(83-66(71)49-41-33-25-23-29-37-45-59(8)10-2)52-76-63(68)46-38-30-20-16-12-11-14-18-26-34-42-56(3)4/h56-62,67H,9-55H2,1-8H3,(H,72,73)(H,74,75)/t58?,59?,60-,61+,62+/m0/s1. The van der Waals surface area contributed by atoms with Gasteiger partial charge >= 0.3 is 39.5 Å². The van der Waals surface area contributed by atoms with Crippen molar-refractivity contribution >= 4 is 39.5 Å². The predicted molar refractivity (Wildman–Crippen MR) is 340 cm³/mol. The van der Waals surface area contributed by atoms with E-state index in [-0.39, 0.29) is 25.7 Å². The van der Waals surface area contributed by atoms with Crippen LogP contribution in [-0.4, -0.2) is 96.7 Å². The number of carbonyl (C=O) groups is 4. The van der Waals surface area contributed by atoms with E-state index >= 15 is 0 Å². The van der Waals surface area contributed by atoms with Gasteiger partial charge in [-0.2, -0.15) is 0 Å². The molecular formula is C66H128O17P2. The summed E-state index contributed by atoms with van der Waals surface area (Å²) in [4.78, 5) is 72.3. The zero-order valence-electron chi connectivity index (χ0n) is 55.2. The molecule has 0 bridgehead atoms. The second kappa shape index (κ2) is 56.1. The fraction of sp³-hybridized carbons (Fsp3) is 0.939. The summed E-state index contributed by atoms with van der Waals surface area (Å²) in [6.07, 6.45) is 36.3. The highest BCUT2D eigenvalue weighted by Crippen LogP contribution is 2.45.